The second-order valence-corrected chi connectivity index (χ2v) is 17.0. The summed E-state index contributed by atoms with van der Waals surface area (Å²) in [5, 5.41) is 0. The lowest BCUT2D eigenvalue weighted by Gasteiger charge is -2.34. The lowest BCUT2D eigenvalue weighted by Crippen LogP contribution is -2.28. The molecule has 0 aliphatic heterocycles. The molecule has 0 amide bonds. The first-order chi connectivity index (χ1) is 32.1. The Morgan fingerprint density at radius 2 is 0.662 bits per heavy atom. The van der Waals surface area contributed by atoms with Crippen molar-refractivity contribution < 1.29 is 9.59 Å². The van der Waals surface area contributed by atoms with Crippen molar-refractivity contribution in [2.45, 2.75) is 54.9 Å². The molecule has 0 saturated heterocycles. The van der Waals surface area contributed by atoms with Gasteiger partial charge in [-0.25, -0.2) is 0 Å². The zero-order chi connectivity index (χ0) is 46.0. The smallest absolute Gasteiger partial charge is 0.193 e. The molecule has 0 unspecified atom stereocenters. The highest BCUT2D eigenvalue weighted by molar-refractivity contribution is 6.09. The Hall–Kier alpha value is -8.12. The van der Waals surface area contributed by atoms with Gasteiger partial charge in [0.05, 0.1) is 5.41 Å². The van der Waals surface area contributed by atoms with Gasteiger partial charge in [0.25, 0.3) is 0 Å². The zero-order valence-corrected chi connectivity index (χ0v) is 38.2. The van der Waals surface area contributed by atoms with E-state index in [1.807, 2.05) is 141 Å². The molecule has 2 heteroatoms. The number of carbonyl (C=O) groups is 2. The Morgan fingerprint density at radius 3 is 1.12 bits per heavy atom. The van der Waals surface area contributed by atoms with E-state index in [-0.39, 0.29) is 31.8 Å². The molecule has 0 spiro atoms. The van der Waals surface area contributed by atoms with Crippen LogP contribution >= 0.6 is 0 Å². The summed E-state index contributed by atoms with van der Waals surface area (Å²) in [6.07, 6.45) is 0. The summed E-state index contributed by atoms with van der Waals surface area (Å²) in [6.45, 7) is 10.4. The maximum absolute atomic E-state index is 12.6. The van der Waals surface area contributed by atoms with Crippen LogP contribution in [0.5, 0.6) is 0 Å². The molecule has 9 aromatic carbocycles. The fourth-order valence-corrected chi connectivity index (χ4v) is 8.48. The third-order valence-corrected chi connectivity index (χ3v) is 12.1. The van der Waals surface area contributed by atoms with Crippen LogP contribution in [0, 0.1) is 46.5 Å². The molecule has 68 heavy (non-hydrogen) atoms. The number of carbonyl (C=O) groups excluding carboxylic acids is 2. The molecule has 1 aliphatic carbocycles. The Kier molecular flexibility index (Phi) is 16.2. The minimum Gasteiger partial charge on any atom is -0.289 e. The molecule has 0 saturated carbocycles. The van der Waals surface area contributed by atoms with Gasteiger partial charge < -0.3 is 0 Å². The molecule has 0 N–H and O–H groups in total. The van der Waals surface area contributed by atoms with E-state index in [0.29, 0.717) is 11.1 Å². The molecule has 0 aromatic heterocycles. The van der Waals surface area contributed by atoms with Crippen molar-refractivity contribution in [3.8, 4) is 23.0 Å². The fraction of sp³-hybridized carbons (Fsp3) is 0.121. The van der Waals surface area contributed by atoms with E-state index in [1.165, 1.54) is 55.6 Å². The van der Waals surface area contributed by atoms with Gasteiger partial charge in [-0.15, -0.1) is 0 Å². The van der Waals surface area contributed by atoms with Crippen molar-refractivity contribution >= 4 is 11.6 Å². The van der Waals surface area contributed by atoms with Crippen molar-refractivity contribution in [1.29, 1.82) is 0 Å². The van der Waals surface area contributed by atoms with Crippen molar-refractivity contribution in [1.82, 2.24) is 0 Å². The Labute approximate surface area is 405 Å². The molecular formula is C66H60O2. The van der Waals surface area contributed by atoms with E-state index < -0.39 is 0 Å². The van der Waals surface area contributed by atoms with Gasteiger partial charge in [-0.3, -0.25) is 9.59 Å². The fourth-order valence-electron chi connectivity index (χ4n) is 8.48. The van der Waals surface area contributed by atoms with Crippen LogP contribution in [-0.2, 0) is 5.41 Å². The molecule has 0 fully saturated rings. The second-order valence-electron chi connectivity index (χ2n) is 17.0. The van der Waals surface area contributed by atoms with Crippen LogP contribution in [-0.4, -0.2) is 11.6 Å². The maximum Gasteiger partial charge on any atom is 0.193 e. The predicted octanol–water partition coefficient (Wildman–Crippen LogP) is 16.1. The van der Waals surface area contributed by atoms with Crippen molar-refractivity contribution in [2.75, 3.05) is 0 Å². The van der Waals surface area contributed by atoms with Crippen LogP contribution in [0.2, 0.25) is 0 Å². The van der Waals surface area contributed by atoms with Gasteiger partial charge in [0.15, 0.2) is 11.6 Å². The number of ketones is 2. The van der Waals surface area contributed by atoms with E-state index in [4.69, 9.17) is 0 Å². The molecule has 10 rings (SSSR count). The summed E-state index contributed by atoms with van der Waals surface area (Å²) in [7, 11) is 0. The average molecular weight is 885 g/mol. The number of benzene rings is 9. The average Bonchev–Trinajstić information content (AvgIpc) is 3.66. The SMILES string of the molecule is C.C.Cc1ccc(C#Cc2cccc(C(=O)c3ccc(C)cc3)c2)cc1.Cc1ccc(C(=O)c2ccccc2)cc1.Cc1ccc(C2(c3ccc(C)cc3)c3ccccc3-c3ccccc32)cc1. The van der Waals surface area contributed by atoms with E-state index in [1.54, 1.807) is 0 Å². The van der Waals surface area contributed by atoms with Gasteiger partial charge in [0, 0.05) is 33.4 Å². The quantitative estimate of drug-likeness (QED) is 0.123. The number of aryl methyl sites for hydroxylation is 5. The normalized spacial score (nSPS) is 11.2. The molecule has 0 atom stereocenters. The highest BCUT2D eigenvalue weighted by atomic mass is 16.1. The first-order valence-corrected chi connectivity index (χ1v) is 22.4. The van der Waals surface area contributed by atoms with E-state index in [9.17, 15) is 9.59 Å². The van der Waals surface area contributed by atoms with E-state index in [0.717, 1.165) is 27.8 Å². The van der Waals surface area contributed by atoms with Gasteiger partial charge in [-0.2, -0.15) is 0 Å². The third-order valence-electron chi connectivity index (χ3n) is 12.1. The van der Waals surface area contributed by atoms with Gasteiger partial charge in [-0.05, 0) is 92.3 Å². The summed E-state index contributed by atoms with van der Waals surface area (Å²) in [5.74, 6) is 6.38. The van der Waals surface area contributed by atoms with Crippen molar-refractivity contribution in [3.63, 3.8) is 0 Å². The molecule has 336 valence electrons. The standard InChI is InChI=1S/C27H22.C23H18O.C14H12O.2CH4/c1-19-11-15-21(16-12-19)27(22-17-13-20(2)14-18-22)25-9-5-3-7-23(25)24-8-4-6-10-26(24)27;1-17-6-10-19(11-7-17)12-13-20-4-3-5-22(16-20)23(24)21-14-8-18(2)9-15-21;1-11-7-9-13(10-8-11)14(15)12-5-3-2-4-6-12;;/h3-18H,1-2H3;3-11,14-16H,1-2H3;2-10H,1H3;2*1H4. The van der Waals surface area contributed by atoms with Gasteiger partial charge in [-0.1, -0.05) is 255 Å². The van der Waals surface area contributed by atoms with Crippen LogP contribution in [0.3, 0.4) is 0 Å². The van der Waals surface area contributed by atoms with Crippen LogP contribution in [0.1, 0.15) is 108 Å². The van der Waals surface area contributed by atoms with Crippen LogP contribution in [0.15, 0.2) is 224 Å². The highest BCUT2D eigenvalue weighted by Crippen LogP contribution is 2.55. The molecule has 0 bridgehead atoms. The minimum absolute atomic E-state index is 0. The Balaban J connectivity index is 0.000000172. The number of hydrogen-bond acceptors (Lipinski definition) is 2. The van der Waals surface area contributed by atoms with Gasteiger partial charge in [0.1, 0.15) is 0 Å². The molecule has 1 aliphatic rings. The highest BCUT2D eigenvalue weighted by Gasteiger charge is 2.45. The molecule has 2 nitrogen and oxygen atoms in total. The zero-order valence-electron chi connectivity index (χ0n) is 38.2. The lowest BCUT2D eigenvalue weighted by atomic mass is 9.67. The van der Waals surface area contributed by atoms with Crippen LogP contribution in [0.25, 0.3) is 11.1 Å². The summed E-state index contributed by atoms with van der Waals surface area (Å²) in [5.41, 5.74) is 18.6. The number of rotatable bonds is 6. The topological polar surface area (TPSA) is 34.1 Å². The minimum atomic E-state index is -0.269. The first kappa shape index (κ1) is 49.3. The Bertz CT molecular complexity index is 3070. The number of hydrogen-bond donors (Lipinski definition) is 0. The van der Waals surface area contributed by atoms with E-state index >= 15 is 0 Å². The molecule has 0 heterocycles. The summed E-state index contributed by atoms with van der Waals surface area (Å²) in [6, 6.07) is 76.1. The molecule has 9 aromatic rings. The maximum atomic E-state index is 12.6. The molecule has 0 radical (unpaired) electrons. The predicted molar refractivity (Wildman–Crippen MR) is 286 cm³/mol. The Morgan fingerprint density at radius 1 is 0.324 bits per heavy atom. The number of fused-ring (bicyclic) bond motifs is 3. The van der Waals surface area contributed by atoms with Crippen LogP contribution in [0.4, 0.5) is 0 Å². The molecular weight excluding hydrogens is 825 g/mol. The summed E-state index contributed by atoms with van der Waals surface area (Å²) >= 11 is 0. The third kappa shape index (κ3) is 10.9. The summed E-state index contributed by atoms with van der Waals surface area (Å²) in [4.78, 5) is 24.5. The van der Waals surface area contributed by atoms with Gasteiger partial charge >= 0.3 is 0 Å². The monoisotopic (exact) mass is 884 g/mol. The largest absolute Gasteiger partial charge is 0.289 e. The van der Waals surface area contributed by atoms with E-state index in [2.05, 4.69) is 130 Å². The van der Waals surface area contributed by atoms with Crippen molar-refractivity contribution in [3.05, 3.63) is 308 Å². The van der Waals surface area contributed by atoms with Gasteiger partial charge in [0.2, 0.25) is 0 Å². The summed E-state index contributed by atoms with van der Waals surface area (Å²) < 4.78 is 0. The van der Waals surface area contributed by atoms with Crippen LogP contribution < -0.4 is 0 Å². The lowest BCUT2D eigenvalue weighted by molar-refractivity contribution is 0.103. The van der Waals surface area contributed by atoms with Crippen molar-refractivity contribution in [2.24, 2.45) is 0 Å². The first-order valence-electron chi connectivity index (χ1n) is 22.4. The second kappa shape index (κ2) is 22.4.